The monoisotopic (exact) mass is 461 g/mol. The van der Waals surface area contributed by atoms with E-state index in [2.05, 4.69) is 31.7 Å². The summed E-state index contributed by atoms with van der Waals surface area (Å²) in [6.07, 6.45) is 3.68. The third-order valence-corrected chi connectivity index (χ3v) is 5.39. The molecule has 1 amide bonds. The van der Waals surface area contributed by atoms with E-state index < -0.39 is 5.82 Å². The predicted molar refractivity (Wildman–Crippen MR) is 129 cm³/mol. The number of hydrogen-bond acceptors (Lipinski definition) is 8. The smallest absolute Gasteiger partial charge is 0.229 e. The summed E-state index contributed by atoms with van der Waals surface area (Å²) in [4.78, 5) is 27.4. The van der Waals surface area contributed by atoms with Gasteiger partial charge in [-0.25, -0.2) is 9.37 Å². The summed E-state index contributed by atoms with van der Waals surface area (Å²) in [6.45, 7) is 7.31. The molecule has 1 fully saturated rings. The van der Waals surface area contributed by atoms with Crippen molar-refractivity contribution < 1.29 is 13.9 Å². The lowest BCUT2D eigenvalue weighted by Crippen LogP contribution is -2.37. The van der Waals surface area contributed by atoms with Gasteiger partial charge in [0.15, 0.2) is 11.6 Å². The molecule has 1 saturated heterocycles. The molecule has 3 aromatic rings. The zero-order valence-corrected chi connectivity index (χ0v) is 19.1. The standard InChI is InChI=1S/C24H24FN7O2/c1-4-5-19-14(2)21(17-7-6-16(25)12-20(17)28-19)29-23-18(13-26)22(27-15(3)33)30-24(31-23)32-8-10-34-11-9-32/h4-7,12H,8-11H2,1-3H3,(H2,27,28,29,30,31,33). The van der Waals surface area contributed by atoms with Crippen molar-refractivity contribution in [3.8, 4) is 6.07 Å². The lowest BCUT2D eigenvalue weighted by Gasteiger charge is -2.27. The Kier molecular flexibility index (Phi) is 6.65. The maximum Gasteiger partial charge on any atom is 0.229 e. The molecule has 0 spiro atoms. The van der Waals surface area contributed by atoms with Crippen LogP contribution in [0.5, 0.6) is 0 Å². The zero-order chi connectivity index (χ0) is 24.2. The van der Waals surface area contributed by atoms with Crippen LogP contribution in [0.4, 0.5) is 27.7 Å². The Hall–Kier alpha value is -4.10. The fraction of sp³-hybridized carbons (Fsp3) is 0.292. The number of carbonyl (C=O) groups excluding carboxylic acids is 1. The fourth-order valence-corrected chi connectivity index (χ4v) is 3.76. The number of anilines is 4. The van der Waals surface area contributed by atoms with E-state index in [-0.39, 0.29) is 23.1 Å². The van der Waals surface area contributed by atoms with Crippen molar-refractivity contribution in [3.05, 3.63) is 46.9 Å². The van der Waals surface area contributed by atoms with Crippen LogP contribution in [0.25, 0.3) is 17.0 Å². The SMILES string of the molecule is CC=Cc1nc2cc(F)ccc2c(Nc2nc(N3CCOCC3)nc(NC(C)=O)c2C#N)c1C. The van der Waals surface area contributed by atoms with E-state index >= 15 is 0 Å². The van der Waals surface area contributed by atoms with Crippen LogP contribution in [0.15, 0.2) is 24.3 Å². The molecule has 2 N–H and O–H groups in total. The Morgan fingerprint density at radius 2 is 1.97 bits per heavy atom. The van der Waals surface area contributed by atoms with E-state index in [1.807, 2.05) is 30.9 Å². The van der Waals surface area contributed by atoms with Gasteiger partial charge in [0.1, 0.15) is 17.4 Å². The molecule has 174 valence electrons. The van der Waals surface area contributed by atoms with Crippen LogP contribution in [-0.4, -0.2) is 47.2 Å². The van der Waals surface area contributed by atoms with Crippen LogP contribution in [0, 0.1) is 24.1 Å². The molecule has 34 heavy (non-hydrogen) atoms. The molecule has 0 bridgehead atoms. The minimum atomic E-state index is -0.400. The Balaban J connectivity index is 1.91. The predicted octanol–water partition coefficient (Wildman–Crippen LogP) is 3.92. The Morgan fingerprint density at radius 1 is 1.24 bits per heavy atom. The van der Waals surface area contributed by atoms with Gasteiger partial charge in [-0.1, -0.05) is 6.08 Å². The molecule has 0 saturated carbocycles. The number of pyridine rings is 1. The zero-order valence-electron chi connectivity index (χ0n) is 19.1. The van der Waals surface area contributed by atoms with Crippen molar-refractivity contribution in [2.45, 2.75) is 20.8 Å². The van der Waals surface area contributed by atoms with Gasteiger partial charge in [-0.3, -0.25) is 4.79 Å². The maximum atomic E-state index is 14.0. The molecule has 10 heteroatoms. The van der Waals surface area contributed by atoms with Crippen molar-refractivity contribution in [1.29, 1.82) is 5.26 Å². The summed E-state index contributed by atoms with van der Waals surface area (Å²) in [5.74, 6) is -0.0443. The molecule has 0 aliphatic carbocycles. The fourth-order valence-electron chi connectivity index (χ4n) is 3.76. The molecule has 1 aliphatic rings. The number of nitrogens with one attached hydrogen (secondary N) is 2. The third kappa shape index (κ3) is 4.65. The van der Waals surface area contributed by atoms with Crippen LogP contribution in [0.1, 0.15) is 30.7 Å². The van der Waals surface area contributed by atoms with Gasteiger partial charge in [0, 0.05) is 31.5 Å². The van der Waals surface area contributed by atoms with Crippen molar-refractivity contribution in [2.75, 3.05) is 41.8 Å². The van der Waals surface area contributed by atoms with E-state index in [1.165, 1.54) is 19.1 Å². The molecule has 1 aromatic carbocycles. The first-order valence-corrected chi connectivity index (χ1v) is 10.8. The lowest BCUT2D eigenvalue weighted by atomic mass is 10.1. The van der Waals surface area contributed by atoms with Crippen LogP contribution >= 0.6 is 0 Å². The normalized spacial score (nSPS) is 13.8. The number of morpholine rings is 1. The molecule has 0 atom stereocenters. The minimum Gasteiger partial charge on any atom is -0.378 e. The Bertz CT molecular complexity index is 1330. The second-order valence-electron chi connectivity index (χ2n) is 7.77. The third-order valence-electron chi connectivity index (χ3n) is 5.39. The molecule has 1 aliphatic heterocycles. The minimum absolute atomic E-state index is 0.0891. The quantitative estimate of drug-likeness (QED) is 0.587. The first kappa shape index (κ1) is 23.1. The average molecular weight is 462 g/mol. The topological polar surface area (TPSA) is 116 Å². The number of benzene rings is 1. The summed E-state index contributed by atoms with van der Waals surface area (Å²) in [5.41, 5.74) is 2.64. The van der Waals surface area contributed by atoms with Gasteiger partial charge in [0.2, 0.25) is 11.9 Å². The number of rotatable bonds is 5. The van der Waals surface area contributed by atoms with Gasteiger partial charge >= 0.3 is 0 Å². The number of nitriles is 1. The number of allylic oxidation sites excluding steroid dienone is 1. The van der Waals surface area contributed by atoms with Crippen LogP contribution in [0.3, 0.4) is 0 Å². The first-order valence-electron chi connectivity index (χ1n) is 10.8. The summed E-state index contributed by atoms with van der Waals surface area (Å²) >= 11 is 0. The summed E-state index contributed by atoms with van der Waals surface area (Å²) < 4.78 is 19.4. The summed E-state index contributed by atoms with van der Waals surface area (Å²) in [5, 5.41) is 16.5. The molecular formula is C24H24FN7O2. The summed E-state index contributed by atoms with van der Waals surface area (Å²) in [6, 6.07) is 6.46. The highest BCUT2D eigenvalue weighted by Gasteiger charge is 2.22. The highest BCUT2D eigenvalue weighted by atomic mass is 19.1. The highest BCUT2D eigenvalue weighted by Crippen LogP contribution is 2.34. The molecule has 9 nitrogen and oxygen atoms in total. The average Bonchev–Trinajstić information content (AvgIpc) is 2.82. The van der Waals surface area contributed by atoms with Gasteiger partial charge in [-0.2, -0.15) is 15.2 Å². The highest BCUT2D eigenvalue weighted by molar-refractivity contribution is 5.97. The number of halogens is 1. The largest absolute Gasteiger partial charge is 0.378 e. The van der Waals surface area contributed by atoms with Gasteiger partial charge in [0.05, 0.1) is 30.1 Å². The van der Waals surface area contributed by atoms with Crippen molar-refractivity contribution in [2.24, 2.45) is 0 Å². The Morgan fingerprint density at radius 3 is 2.65 bits per heavy atom. The van der Waals surface area contributed by atoms with E-state index in [4.69, 9.17) is 4.74 Å². The Labute approximate surface area is 196 Å². The van der Waals surface area contributed by atoms with Gasteiger partial charge in [-0.05, 0) is 37.6 Å². The van der Waals surface area contributed by atoms with Gasteiger partial charge in [0.25, 0.3) is 0 Å². The number of fused-ring (bicyclic) bond motifs is 1. The molecule has 4 rings (SSSR count). The van der Waals surface area contributed by atoms with Crippen molar-refractivity contribution in [3.63, 3.8) is 0 Å². The summed E-state index contributed by atoms with van der Waals surface area (Å²) in [7, 11) is 0. The number of amides is 1. The van der Waals surface area contributed by atoms with Crippen LogP contribution in [-0.2, 0) is 9.53 Å². The van der Waals surface area contributed by atoms with E-state index in [9.17, 15) is 14.4 Å². The number of carbonyl (C=O) groups is 1. The number of aromatic nitrogens is 3. The van der Waals surface area contributed by atoms with Gasteiger partial charge in [-0.15, -0.1) is 0 Å². The van der Waals surface area contributed by atoms with Crippen molar-refractivity contribution in [1.82, 2.24) is 15.0 Å². The van der Waals surface area contributed by atoms with E-state index in [0.717, 1.165) is 5.56 Å². The molecular weight excluding hydrogens is 437 g/mol. The molecule has 2 aromatic heterocycles. The van der Waals surface area contributed by atoms with Crippen LogP contribution < -0.4 is 15.5 Å². The maximum absolute atomic E-state index is 14.0. The molecule has 0 radical (unpaired) electrons. The van der Waals surface area contributed by atoms with E-state index in [0.29, 0.717) is 54.5 Å². The first-order chi connectivity index (χ1) is 16.4. The second kappa shape index (κ2) is 9.80. The number of hydrogen-bond donors (Lipinski definition) is 2. The second-order valence-corrected chi connectivity index (χ2v) is 7.77. The lowest BCUT2D eigenvalue weighted by molar-refractivity contribution is -0.114. The van der Waals surface area contributed by atoms with Gasteiger partial charge < -0.3 is 20.3 Å². The molecule has 0 unspecified atom stereocenters. The molecule has 3 heterocycles. The van der Waals surface area contributed by atoms with Crippen molar-refractivity contribution >= 4 is 46.2 Å². The van der Waals surface area contributed by atoms with E-state index in [1.54, 1.807) is 6.07 Å². The number of ether oxygens (including phenoxy) is 1. The number of nitrogens with zero attached hydrogens (tertiary/aromatic N) is 5. The van der Waals surface area contributed by atoms with Crippen LogP contribution in [0.2, 0.25) is 0 Å².